The van der Waals surface area contributed by atoms with Crippen molar-refractivity contribution < 1.29 is 23.1 Å². The van der Waals surface area contributed by atoms with Gasteiger partial charge in [0.2, 0.25) is 0 Å². The van der Waals surface area contributed by atoms with Crippen LogP contribution in [-0.2, 0) is 25.4 Å². The molecular formula is C4H6O5S. The second-order valence-corrected chi connectivity index (χ2v) is 2.36. The van der Waals surface area contributed by atoms with Crippen LogP contribution in [0.1, 0.15) is 6.92 Å². The van der Waals surface area contributed by atoms with Gasteiger partial charge in [0.05, 0.1) is 0 Å². The monoisotopic (exact) mass is 166 g/mol. The number of hydrogen-bond donors (Lipinski definition) is 1. The summed E-state index contributed by atoms with van der Waals surface area (Å²) in [5, 5.41) is 0. The van der Waals surface area contributed by atoms with Gasteiger partial charge in [0, 0.05) is 6.92 Å². The molecule has 58 valence electrons. The number of esters is 2. The van der Waals surface area contributed by atoms with Crippen LogP contribution in [0, 0.1) is 0 Å². The van der Waals surface area contributed by atoms with Crippen molar-refractivity contribution in [2.24, 2.45) is 0 Å². The van der Waals surface area contributed by atoms with Crippen molar-refractivity contribution in [2.45, 2.75) is 6.92 Å². The lowest BCUT2D eigenvalue weighted by Gasteiger charge is -1.94. The van der Waals surface area contributed by atoms with Crippen molar-refractivity contribution >= 4 is 23.0 Å². The Bertz CT molecular complexity index is 156. The first-order chi connectivity index (χ1) is 4.52. The van der Waals surface area contributed by atoms with Crippen LogP contribution in [0.2, 0.25) is 0 Å². The van der Waals surface area contributed by atoms with Crippen molar-refractivity contribution in [3.63, 3.8) is 0 Å². The van der Waals surface area contributed by atoms with Crippen molar-refractivity contribution in [2.75, 3.05) is 5.75 Å². The van der Waals surface area contributed by atoms with E-state index in [-0.39, 0.29) is 0 Å². The highest BCUT2D eigenvalue weighted by Gasteiger charge is 2.08. The topological polar surface area (TPSA) is 80.7 Å². The Morgan fingerprint density at radius 2 is 2.10 bits per heavy atom. The number of ether oxygens (including phenoxy) is 1. The third-order valence-corrected chi connectivity index (χ3v) is 0.982. The Balaban J connectivity index is 3.65. The number of hydrogen-bond acceptors (Lipinski definition) is 4. The first kappa shape index (κ1) is 9.25. The van der Waals surface area contributed by atoms with Crippen LogP contribution in [0.3, 0.4) is 0 Å². The van der Waals surface area contributed by atoms with Crippen LogP contribution in [0.15, 0.2) is 0 Å². The highest BCUT2D eigenvalue weighted by Crippen LogP contribution is 1.82. The van der Waals surface area contributed by atoms with Gasteiger partial charge in [-0.15, -0.1) is 0 Å². The summed E-state index contributed by atoms with van der Waals surface area (Å²) in [6.07, 6.45) is 0. The summed E-state index contributed by atoms with van der Waals surface area (Å²) in [5.74, 6) is -2.44. The van der Waals surface area contributed by atoms with E-state index in [0.717, 1.165) is 6.92 Å². The molecule has 0 saturated heterocycles. The van der Waals surface area contributed by atoms with E-state index in [0.29, 0.717) is 0 Å². The lowest BCUT2D eigenvalue weighted by atomic mass is 10.7. The van der Waals surface area contributed by atoms with Crippen LogP contribution in [0.25, 0.3) is 0 Å². The molecule has 0 heterocycles. The summed E-state index contributed by atoms with van der Waals surface area (Å²) < 4.78 is 21.9. The molecule has 1 unspecified atom stereocenters. The predicted molar refractivity (Wildman–Crippen MR) is 32.4 cm³/mol. The largest absolute Gasteiger partial charge is 0.393 e. The molecule has 0 bridgehead atoms. The van der Waals surface area contributed by atoms with Crippen LogP contribution in [-0.4, -0.2) is 26.5 Å². The van der Waals surface area contributed by atoms with E-state index in [9.17, 15) is 13.8 Å². The minimum atomic E-state index is -2.24. The average molecular weight is 166 g/mol. The van der Waals surface area contributed by atoms with Crippen LogP contribution in [0.4, 0.5) is 0 Å². The summed E-state index contributed by atoms with van der Waals surface area (Å²) in [4.78, 5) is 20.3. The van der Waals surface area contributed by atoms with Crippen molar-refractivity contribution in [3.8, 4) is 0 Å². The van der Waals surface area contributed by atoms with Gasteiger partial charge in [-0.3, -0.25) is 9.59 Å². The SMILES string of the molecule is CC(=O)OC(=O)CS(=O)O. The van der Waals surface area contributed by atoms with Crippen molar-refractivity contribution in [1.29, 1.82) is 0 Å². The zero-order valence-corrected chi connectivity index (χ0v) is 6.01. The van der Waals surface area contributed by atoms with Gasteiger partial charge < -0.3 is 9.29 Å². The lowest BCUT2D eigenvalue weighted by molar-refractivity contribution is -0.156. The van der Waals surface area contributed by atoms with Crippen molar-refractivity contribution in [3.05, 3.63) is 0 Å². The molecule has 0 rings (SSSR count). The molecular weight excluding hydrogens is 160 g/mol. The molecule has 0 fully saturated rings. The number of carbonyl (C=O) groups excluding carboxylic acids is 2. The molecule has 0 aliphatic rings. The van der Waals surface area contributed by atoms with Gasteiger partial charge in [0.15, 0.2) is 11.1 Å². The fourth-order valence-electron chi connectivity index (χ4n) is 0.291. The Morgan fingerprint density at radius 3 is 2.40 bits per heavy atom. The highest BCUT2D eigenvalue weighted by atomic mass is 32.2. The second-order valence-electron chi connectivity index (χ2n) is 1.43. The van der Waals surface area contributed by atoms with Crippen LogP contribution >= 0.6 is 0 Å². The van der Waals surface area contributed by atoms with E-state index < -0.39 is 28.8 Å². The van der Waals surface area contributed by atoms with E-state index >= 15 is 0 Å². The Morgan fingerprint density at radius 1 is 1.60 bits per heavy atom. The van der Waals surface area contributed by atoms with E-state index in [4.69, 9.17) is 4.55 Å². The smallest absolute Gasteiger partial charge is 0.328 e. The second kappa shape index (κ2) is 4.13. The Hall–Kier alpha value is -0.750. The summed E-state index contributed by atoms with van der Waals surface area (Å²) in [6.45, 7) is 1.04. The third-order valence-electron chi connectivity index (χ3n) is 0.499. The lowest BCUT2D eigenvalue weighted by Crippen LogP contribution is -2.15. The van der Waals surface area contributed by atoms with Gasteiger partial charge in [-0.2, -0.15) is 0 Å². The average Bonchev–Trinajstić information content (AvgIpc) is 1.58. The van der Waals surface area contributed by atoms with Gasteiger partial charge in [0.25, 0.3) is 0 Å². The molecule has 0 aromatic carbocycles. The Kier molecular flexibility index (Phi) is 3.82. The summed E-state index contributed by atoms with van der Waals surface area (Å²) in [7, 11) is 0. The normalized spacial score (nSPS) is 12.2. The van der Waals surface area contributed by atoms with E-state index in [1.54, 1.807) is 0 Å². The fourth-order valence-corrected chi connectivity index (χ4v) is 0.551. The van der Waals surface area contributed by atoms with Gasteiger partial charge in [0.1, 0.15) is 5.75 Å². The van der Waals surface area contributed by atoms with Crippen molar-refractivity contribution in [1.82, 2.24) is 0 Å². The molecule has 0 saturated carbocycles. The number of rotatable bonds is 2. The van der Waals surface area contributed by atoms with Gasteiger partial charge in [-0.05, 0) is 0 Å². The molecule has 5 nitrogen and oxygen atoms in total. The maximum atomic E-state index is 10.3. The summed E-state index contributed by atoms with van der Waals surface area (Å²) in [6, 6.07) is 0. The third kappa shape index (κ3) is 5.39. The Labute approximate surface area is 59.6 Å². The quantitative estimate of drug-likeness (QED) is 0.333. The molecule has 1 N–H and O–H groups in total. The summed E-state index contributed by atoms with van der Waals surface area (Å²) in [5.41, 5.74) is 0. The van der Waals surface area contributed by atoms with Crippen LogP contribution < -0.4 is 0 Å². The van der Waals surface area contributed by atoms with E-state index in [1.165, 1.54) is 0 Å². The molecule has 0 aromatic rings. The van der Waals surface area contributed by atoms with E-state index in [1.807, 2.05) is 0 Å². The van der Waals surface area contributed by atoms with Gasteiger partial charge in [-0.1, -0.05) is 0 Å². The van der Waals surface area contributed by atoms with Gasteiger partial charge in [-0.25, -0.2) is 4.21 Å². The first-order valence-electron chi connectivity index (χ1n) is 2.31. The molecule has 0 spiro atoms. The van der Waals surface area contributed by atoms with E-state index in [2.05, 4.69) is 4.74 Å². The molecule has 0 radical (unpaired) electrons. The fraction of sp³-hybridized carbons (Fsp3) is 0.500. The zero-order chi connectivity index (χ0) is 8.15. The molecule has 1 atom stereocenters. The molecule has 0 aromatic heterocycles. The maximum absolute atomic E-state index is 10.3. The highest BCUT2D eigenvalue weighted by molar-refractivity contribution is 7.80. The maximum Gasteiger partial charge on any atom is 0.328 e. The van der Waals surface area contributed by atoms with Gasteiger partial charge >= 0.3 is 11.9 Å². The number of carbonyl (C=O) groups is 2. The first-order valence-corrected chi connectivity index (χ1v) is 3.58. The standard InChI is InChI=1S/C4H6O5S/c1-3(5)9-4(6)2-10(7)8/h2H2,1H3,(H,7,8). The molecule has 10 heavy (non-hydrogen) atoms. The summed E-state index contributed by atoms with van der Waals surface area (Å²) >= 11 is -2.24. The molecule has 0 amide bonds. The minimum Gasteiger partial charge on any atom is -0.393 e. The molecule has 6 heteroatoms. The molecule has 0 aliphatic carbocycles. The zero-order valence-electron chi connectivity index (χ0n) is 5.20. The predicted octanol–water partition coefficient (Wildman–Crippen LogP) is -0.702. The van der Waals surface area contributed by atoms with Crippen LogP contribution in [0.5, 0.6) is 0 Å². The minimum absolute atomic E-state index is 0.667. The molecule has 0 aliphatic heterocycles.